The lowest BCUT2D eigenvalue weighted by Gasteiger charge is -2.24. The molecule has 1 aliphatic rings. The van der Waals surface area contributed by atoms with E-state index in [2.05, 4.69) is 36.2 Å². The minimum Gasteiger partial charge on any atom is -0.497 e. The summed E-state index contributed by atoms with van der Waals surface area (Å²) in [5.41, 5.74) is 1.40. The number of rotatable bonds is 5. The Kier molecular flexibility index (Phi) is 5.24. The molecule has 0 radical (unpaired) electrons. The summed E-state index contributed by atoms with van der Waals surface area (Å²) >= 11 is 0. The van der Waals surface area contributed by atoms with E-state index in [1.165, 1.54) is 0 Å². The van der Waals surface area contributed by atoms with Gasteiger partial charge in [-0.05, 0) is 35.6 Å². The third kappa shape index (κ3) is 3.84. The first-order chi connectivity index (χ1) is 15.1. The van der Waals surface area contributed by atoms with Crippen molar-refractivity contribution in [2.24, 2.45) is 0 Å². The fraction of sp³-hybridized carbons (Fsp3) is 0.333. The molecule has 3 amide bonds. The van der Waals surface area contributed by atoms with Crippen LogP contribution in [0.3, 0.4) is 0 Å². The second-order valence-corrected chi connectivity index (χ2v) is 9.02. The lowest BCUT2D eigenvalue weighted by atomic mass is 9.84. The van der Waals surface area contributed by atoms with Gasteiger partial charge in [0, 0.05) is 5.56 Å². The molecule has 2 aromatic carbocycles. The molecule has 1 atom stereocenters. The van der Waals surface area contributed by atoms with Crippen LogP contribution in [0, 0.1) is 0 Å². The summed E-state index contributed by atoms with van der Waals surface area (Å²) in [6.07, 6.45) is 0. The van der Waals surface area contributed by atoms with Gasteiger partial charge in [0.2, 0.25) is 11.7 Å². The molecule has 0 spiro atoms. The van der Waals surface area contributed by atoms with E-state index in [9.17, 15) is 9.59 Å². The number of hydrogen-bond acceptors (Lipinski definition) is 6. The highest BCUT2D eigenvalue weighted by Gasteiger charge is 2.49. The zero-order chi connectivity index (χ0) is 23.1. The fourth-order valence-corrected chi connectivity index (χ4v) is 3.67. The molecule has 0 saturated carbocycles. The number of nitrogens with one attached hydrogen (secondary N) is 1. The monoisotopic (exact) mass is 434 g/mol. The van der Waals surface area contributed by atoms with Crippen molar-refractivity contribution in [3.05, 3.63) is 65.5 Å². The van der Waals surface area contributed by atoms with Crippen LogP contribution in [0.2, 0.25) is 0 Å². The third-order valence-corrected chi connectivity index (χ3v) is 5.69. The molecule has 32 heavy (non-hydrogen) atoms. The molecule has 8 nitrogen and oxygen atoms in total. The van der Waals surface area contributed by atoms with Crippen LogP contribution in [0.15, 0.2) is 53.1 Å². The van der Waals surface area contributed by atoms with Crippen molar-refractivity contribution >= 4 is 11.9 Å². The smallest absolute Gasteiger partial charge is 0.325 e. The highest BCUT2D eigenvalue weighted by atomic mass is 16.5. The Morgan fingerprint density at radius 2 is 1.84 bits per heavy atom. The minimum atomic E-state index is -1.16. The number of methoxy groups -OCH3 is 1. The predicted molar refractivity (Wildman–Crippen MR) is 118 cm³/mol. The molecule has 4 rings (SSSR count). The van der Waals surface area contributed by atoms with Crippen molar-refractivity contribution < 1.29 is 18.8 Å². The number of carbonyl (C=O) groups excluding carboxylic acids is 2. The quantitative estimate of drug-likeness (QED) is 0.610. The molecule has 1 saturated heterocycles. The Bertz CT molecular complexity index is 1160. The summed E-state index contributed by atoms with van der Waals surface area (Å²) in [6, 6.07) is 14.5. The van der Waals surface area contributed by atoms with Crippen molar-refractivity contribution in [1.29, 1.82) is 0 Å². The van der Waals surface area contributed by atoms with Crippen LogP contribution in [0.1, 0.15) is 44.7 Å². The van der Waals surface area contributed by atoms with Crippen molar-refractivity contribution in [2.45, 2.75) is 45.2 Å². The van der Waals surface area contributed by atoms with E-state index < -0.39 is 11.6 Å². The van der Waals surface area contributed by atoms with E-state index >= 15 is 0 Å². The molecule has 0 bridgehead atoms. The average molecular weight is 434 g/mol. The maximum Gasteiger partial charge on any atom is 0.325 e. The summed E-state index contributed by atoms with van der Waals surface area (Å²) in [7, 11) is 1.58. The third-order valence-electron chi connectivity index (χ3n) is 5.69. The van der Waals surface area contributed by atoms with Gasteiger partial charge in [-0.2, -0.15) is 4.98 Å². The average Bonchev–Trinajstić information content (AvgIpc) is 3.32. The SMILES string of the molecule is COc1cccc(-c2noc(CN3C(=O)N[C@@](C)(c4ccc(C(C)(C)C)cc4)C3=O)n2)c1. The number of imide groups is 1. The fourth-order valence-electron chi connectivity index (χ4n) is 3.67. The number of urea groups is 1. The molecule has 1 aliphatic heterocycles. The molecule has 1 fully saturated rings. The van der Waals surface area contributed by atoms with Gasteiger partial charge < -0.3 is 14.6 Å². The first kappa shape index (κ1) is 21.5. The Morgan fingerprint density at radius 3 is 2.50 bits per heavy atom. The molecule has 0 aliphatic carbocycles. The van der Waals surface area contributed by atoms with Gasteiger partial charge in [0.05, 0.1) is 7.11 Å². The number of hydrogen-bond donors (Lipinski definition) is 1. The van der Waals surface area contributed by atoms with Gasteiger partial charge in [-0.3, -0.25) is 9.69 Å². The number of ether oxygens (including phenoxy) is 1. The van der Waals surface area contributed by atoms with Gasteiger partial charge in [-0.1, -0.05) is 62.3 Å². The number of amides is 3. The summed E-state index contributed by atoms with van der Waals surface area (Å²) in [5.74, 6) is 0.813. The molecule has 1 aromatic heterocycles. The zero-order valence-corrected chi connectivity index (χ0v) is 18.8. The topological polar surface area (TPSA) is 97.6 Å². The lowest BCUT2D eigenvalue weighted by Crippen LogP contribution is -2.40. The molecule has 8 heteroatoms. The number of benzene rings is 2. The molecule has 3 aromatic rings. The highest BCUT2D eigenvalue weighted by Crippen LogP contribution is 2.32. The van der Waals surface area contributed by atoms with Gasteiger partial charge in [0.15, 0.2) is 0 Å². The zero-order valence-electron chi connectivity index (χ0n) is 18.8. The van der Waals surface area contributed by atoms with E-state index in [1.807, 2.05) is 42.5 Å². The largest absolute Gasteiger partial charge is 0.497 e. The number of nitrogens with zero attached hydrogens (tertiary/aromatic N) is 3. The van der Waals surface area contributed by atoms with Gasteiger partial charge in [-0.15, -0.1) is 0 Å². The van der Waals surface area contributed by atoms with Crippen LogP contribution in [0.25, 0.3) is 11.4 Å². The van der Waals surface area contributed by atoms with E-state index in [0.717, 1.165) is 10.5 Å². The second kappa shape index (κ2) is 7.78. The van der Waals surface area contributed by atoms with E-state index in [-0.39, 0.29) is 23.8 Å². The van der Waals surface area contributed by atoms with Crippen LogP contribution < -0.4 is 10.1 Å². The molecule has 166 valence electrons. The number of carbonyl (C=O) groups is 2. The molecular weight excluding hydrogens is 408 g/mol. The first-order valence-electron chi connectivity index (χ1n) is 10.3. The van der Waals surface area contributed by atoms with Crippen LogP contribution in [-0.2, 0) is 22.3 Å². The summed E-state index contributed by atoms with van der Waals surface area (Å²) in [6.45, 7) is 7.96. The van der Waals surface area contributed by atoms with Crippen molar-refractivity contribution in [1.82, 2.24) is 20.4 Å². The van der Waals surface area contributed by atoms with Crippen molar-refractivity contribution in [2.75, 3.05) is 7.11 Å². The van der Waals surface area contributed by atoms with Crippen molar-refractivity contribution in [3.8, 4) is 17.1 Å². The normalized spacial score (nSPS) is 18.7. The highest BCUT2D eigenvalue weighted by molar-refractivity contribution is 6.07. The maximum absolute atomic E-state index is 13.2. The standard InChI is InChI=1S/C24H26N4O4/c1-23(2,3)16-9-11-17(12-10-16)24(4)21(29)28(22(30)26-24)14-19-25-20(27-32-19)15-7-6-8-18(13-15)31-5/h6-13H,14H2,1-5H3,(H,26,30)/t24-/m0/s1. The van der Waals surface area contributed by atoms with E-state index in [0.29, 0.717) is 22.7 Å². The second-order valence-electron chi connectivity index (χ2n) is 9.02. The Balaban J connectivity index is 1.54. The molecular formula is C24H26N4O4. The van der Waals surface area contributed by atoms with Crippen molar-refractivity contribution in [3.63, 3.8) is 0 Å². The van der Waals surface area contributed by atoms with Crippen LogP contribution in [0.5, 0.6) is 5.75 Å². The minimum absolute atomic E-state index is 0.00711. The lowest BCUT2D eigenvalue weighted by molar-refractivity contribution is -0.131. The summed E-state index contributed by atoms with van der Waals surface area (Å²) in [4.78, 5) is 31.3. The van der Waals surface area contributed by atoms with Gasteiger partial charge >= 0.3 is 6.03 Å². The Labute approximate surface area is 186 Å². The van der Waals surface area contributed by atoms with Gasteiger partial charge in [0.1, 0.15) is 17.8 Å². The van der Waals surface area contributed by atoms with E-state index in [4.69, 9.17) is 9.26 Å². The molecule has 1 N–H and O–H groups in total. The molecule has 2 heterocycles. The van der Waals surface area contributed by atoms with Gasteiger partial charge in [-0.25, -0.2) is 4.79 Å². The van der Waals surface area contributed by atoms with Crippen LogP contribution in [-0.4, -0.2) is 34.1 Å². The maximum atomic E-state index is 13.2. The Morgan fingerprint density at radius 1 is 1.12 bits per heavy atom. The first-order valence-corrected chi connectivity index (χ1v) is 10.3. The van der Waals surface area contributed by atoms with E-state index in [1.54, 1.807) is 20.1 Å². The van der Waals surface area contributed by atoms with Gasteiger partial charge in [0.25, 0.3) is 5.91 Å². The van der Waals surface area contributed by atoms with Crippen LogP contribution >= 0.6 is 0 Å². The van der Waals surface area contributed by atoms with Crippen LogP contribution in [0.4, 0.5) is 4.79 Å². The number of aromatic nitrogens is 2. The molecule has 0 unspecified atom stereocenters. The predicted octanol–water partition coefficient (Wildman–Crippen LogP) is 4.01. The summed E-state index contributed by atoms with van der Waals surface area (Å²) < 4.78 is 10.5. The Hall–Kier alpha value is -3.68. The summed E-state index contributed by atoms with van der Waals surface area (Å²) in [5, 5.41) is 6.78.